The third-order valence-electron chi connectivity index (χ3n) is 6.11. The Morgan fingerprint density at radius 3 is 2.64 bits per heavy atom. The number of ether oxygens (including phenoxy) is 1. The summed E-state index contributed by atoms with van der Waals surface area (Å²) in [7, 11) is 0. The number of hydrogen-bond acceptors (Lipinski definition) is 7. The summed E-state index contributed by atoms with van der Waals surface area (Å²) in [4.78, 5) is 26.0. The van der Waals surface area contributed by atoms with E-state index < -0.39 is 17.8 Å². The van der Waals surface area contributed by atoms with Crippen LogP contribution in [0.3, 0.4) is 0 Å². The van der Waals surface area contributed by atoms with E-state index in [1.807, 2.05) is 22.6 Å². The molecule has 0 atom stereocenters. The second-order valence-corrected chi connectivity index (χ2v) is 9.14. The zero-order valence-electron chi connectivity index (χ0n) is 22.1. The number of fused-ring (bicyclic) bond motifs is 1. The number of benzene rings is 2. The summed E-state index contributed by atoms with van der Waals surface area (Å²) >= 11 is 0. The number of carbonyl (C=O) groups excluding carboxylic acids is 1. The standard InChI is InChI=1S/C29H26F3N7O3/c30-29(31,32)21-5-6-25(42-14-2-13-40)23(16-21)38-28(41)36-22-4-1-3-20(15-22)24-18-39-12-11-34-27(39)26(37-24)35-17-19-7-9-33-10-8-19/h1,3-12,15-16,18,40H,2,13-14,17H2,(H,35,37)(H2,36,38,41). The van der Waals surface area contributed by atoms with Crippen molar-refractivity contribution in [1.29, 1.82) is 0 Å². The lowest BCUT2D eigenvalue weighted by atomic mass is 10.1. The summed E-state index contributed by atoms with van der Waals surface area (Å²) in [6.45, 7) is 0.420. The van der Waals surface area contributed by atoms with Crippen molar-refractivity contribution < 1.29 is 27.8 Å². The van der Waals surface area contributed by atoms with E-state index in [-0.39, 0.29) is 31.1 Å². The normalized spacial score (nSPS) is 11.3. The molecule has 13 heteroatoms. The summed E-state index contributed by atoms with van der Waals surface area (Å²) in [5.74, 6) is 0.605. The molecule has 0 saturated carbocycles. The van der Waals surface area contributed by atoms with Gasteiger partial charge in [0, 0.05) is 61.8 Å². The Hall–Kier alpha value is -5.17. The number of pyridine rings is 1. The highest BCUT2D eigenvalue weighted by Gasteiger charge is 2.31. The number of urea groups is 1. The SMILES string of the molecule is O=C(Nc1cccc(-c2cn3ccnc3c(NCc3ccncc3)n2)c1)Nc1cc(C(F)(F)F)ccc1OCCCO. The van der Waals surface area contributed by atoms with Gasteiger partial charge in [0.2, 0.25) is 0 Å². The number of halogens is 3. The van der Waals surface area contributed by atoms with Crippen molar-refractivity contribution in [1.82, 2.24) is 19.4 Å². The number of nitrogens with one attached hydrogen (secondary N) is 3. The van der Waals surface area contributed by atoms with Gasteiger partial charge in [-0.25, -0.2) is 14.8 Å². The first-order chi connectivity index (χ1) is 20.3. The lowest BCUT2D eigenvalue weighted by Crippen LogP contribution is -2.20. The molecule has 0 spiro atoms. The molecule has 2 amide bonds. The largest absolute Gasteiger partial charge is 0.491 e. The highest BCUT2D eigenvalue weighted by atomic mass is 19.4. The predicted octanol–water partition coefficient (Wildman–Crippen LogP) is 5.83. The summed E-state index contributed by atoms with van der Waals surface area (Å²) in [5, 5.41) is 17.4. The average Bonchev–Trinajstić information content (AvgIpc) is 3.46. The van der Waals surface area contributed by atoms with Crippen LogP contribution in [-0.2, 0) is 12.7 Å². The van der Waals surface area contributed by atoms with Crippen LogP contribution >= 0.6 is 0 Å². The Kier molecular flexibility index (Phi) is 8.48. The van der Waals surface area contributed by atoms with E-state index in [1.54, 1.807) is 49.2 Å². The first-order valence-electron chi connectivity index (χ1n) is 12.9. The highest BCUT2D eigenvalue weighted by Crippen LogP contribution is 2.35. The molecule has 5 rings (SSSR count). The molecule has 3 heterocycles. The quantitative estimate of drug-likeness (QED) is 0.154. The maximum absolute atomic E-state index is 13.3. The molecule has 0 radical (unpaired) electrons. The smallest absolute Gasteiger partial charge is 0.416 e. The number of nitrogens with zero attached hydrogens (tertiary/aromatic N) is 4. The molecular formula is C29H26F3N7O3. The number of aliphatic hydroxyl groups is 1. The molecule has 0 aliphatic rings. The number of aromatic nitrogens is 4. The third kappa shape index (κ3) is 6.93. The zero-order chi connectivity index (χ0) is 29.5. The maximum Gasteiger partial charge on any atom is 0.416 e. The summed E-state index contributed by atoms with van der Waals surface area (Å²) < 4.78 is 47.2. The van der Waals surface area contributed by atoms with Gasteiger partial charge in [0.1, 0.15) is 5.75 Å². The summed E-state index contributed by atoms with van der Waals surface area (Å²) in [6, 6.07) is 12.7. The van der Waals surface area contributed by atoms with Crippen molar-refractivity contribution in [2.75, 3.05) is 29.2 Å². The Morgan fingerprint density at radius 1 is 1.02 bits per heavy atom. The van der Waals surface area contributed by atoms with E-state index in [2.05, 4.69) is 25.9 Å². The van der Waals surface area contributed by atoms with Gasteiger partial charge in [-0.15, -0.1) is 0 Å². The van der Waals surface area contributed by atoms with Crippen LogP contribution in [0.1, 0.15) is 17.5 Å². The topological polar surface area (TPSA) is 126 Å². The lowest BCUT2D eigenvalue weighted by Gasteiger charge is -2.16. The molecular weight excluding hydrogens is 551 g/mol. The molecule has 10 nitrogen and oxygen atoms in total. The van der Waals surface area contributed by atoms with Gasteiger partial charge in [-0.1, -0.05) is 12.1 Å². The highest BCUT2D eigenvalue weighted by molar-refractivity contribution is 6.01. The fourth-order valence-corrected chi connectivity index (χ4v) is 4.09. The van der Waals surface area contributed by atoms with Gasteiger partial charge >= 0.3 is 12.2 Å². The molecule has 42 heavy (non-hydrogen) atoms. The van der Waals surface area contributed by atoms with Gasteiger partial charge in [0.25, 0.3) is 0 Å². The van der Waals surface area contributed by atoms with Crippen molar-refractivity contribution in [3.8, 4) is 17.0 Å². The Labute approximate surface area is 238 Å². The number of alkyl halides is 3. The van der Waals surface area contributed by atoms with Crippen molar-refractivity contribution in [2.24, 2.45) is 0 Å². The van der Waals surface area contributed by atoms with Crippen LogP contribution in [0.4, 0.5) is 35.2 Å². The molecule has 0 bridgehead atoms. The van der Waals surface area contributed by atoms with Gasteiger partial charge in [-0.3, -0.25) is 4.98 Å². The van der Waals surface area contributed by atoms with E-state index in [9.17, 15) is 18.0 Å². The van der Waals surface area contributed by atoms with Crippen LogP contribution in [-0.4, -0.2) is 43.7 Å². The summed E-state index contributed by atoms with van der Waals surface area (Å²) in [5.41, 5.74) is 2.22. The summed E-state index contributed by atoms with van der Waals surface area (Å²) in [6.07, 6.45) is 4.34. The fraction of sp³-hybridized carbons (Fsp3) is 0.172. The minimum absolute atomic E-state index is 0.0463. The molecule has 2 aromatic carbocycles. The monoisotopic (exact) mass is 577 g/mol. The average molecular weight is 578 g/mol. The maximum atomic E-state index is 13.3. The van der Waals surface area contributed by atoms with Gasteiger partial charge in [-0.2, -0.15) is 13.2 Å². The number of carbonyl (C=O) groups is 1. The van der Waals surface area contributed by atoms with Crippen molar-refractivity contribution in [2.45, 2.75) is 19.1 Å². The number of amides is 2. The van der Waals surface area contributed by atoms with Crippen LogP contribution < -0.4 is 20.7 Å². The number of rotatable bonds is 10. The van der Waals surface area contributed by atoms with E-state index >= 15 is 0 Å². The van der Waals surface area contributed by atoms with E-state index in [1.165, 1.54) is 0 Å². The second kappa shape index (κ2) is 12.6. The third-order valence-corrected chi connectivity index (χ3v) is 6.11. The van der Waals surface area contributed by atoms with Crippen LogP contribution in [0.2, 0.25) is 0 Å². The number of imidazole rings is 1. The van der Waals surface area contributed by atoms with Crippen LogP contribution in [0.5, 0.6) is 5.75 Å². The molecule has 4 N–H and O–H groups in total. The molecule has 0 saturated heterocycles. The van der Waals surface area contributed by atoms with Gasteiger partial charge in [-0.05, 0) is 48.0 Å². The molecule has 0 aliphatic carbocycles. The number of anilines is 3. The minimum atomic E-state index is -4.61. The fourth-order valence-electron chi connectivity index (χ4n) is 4.09. The minimum Gasteiger partial charge on any atom is -0.491 e. The van der Waals surface area contributed by atoms with Crippen LogP contribution in [0.15, 0.2) is 85.6 Å². The van der Waals surface area contributed by atoms with Crippen molar-refractivity contribution in [3.63, 3.8) is 0 Å². The predicted molar refractivity (Wildman–Crippen MR) is 151 cm³/mol. The van der Waals surface area contributed by atoms with E-state index in [4.69, 9.17) is 14.8 Å². The van der Waals surface area contributed by atoms with Gasteiger partial charge in [0.05, 0.1) is 23.6 Å². The number of hydrogen-bond donors (Lipinski definition) is 4. The number of aliphatic hydroxyl groups excluding tert-OH is 1. The molecule has 216 valence electrons. The Balaban J connectivity index is 1.35. The first-order valence-corrected chi connectivity index (χ1v) is 12.9. The lowest BCUT2D eigenvalue weighted by molar-refractivity contribution is -0.137. The van der Waals surface area contributed by atoms with Gasteiger partial charge < -0.3 is 30.2 Å². The second-order valence-electron chi connectivity index (χ2n) is 9.14. The molecule has 0 fully saturated rings. The molecule has 5 aromatic rings. The Bertz CT molecular complexity index is 1680. The van der Waals surface area contributed by atoms with E-state index in [0.29, 0.717) is 35.0 Å². The van der Waals surface area contributed by atoms with Crippen molar-refractivity contribution >= 4 is 28.9 Å². The van der Waals surface area contributed by atoms with Crippen LogP contribution in [0, 0.1) is 0 Å². The Morgan fingerprint density at radius 2 is 1.86 bits per heavy atom. The molecule has 3 aromatic heterocycles. The van der Waals surface area contributed by atoms with Crippen LogP contribution in [0.25, 0.3) is 16.9 Å². The van der Waals surface area contributed by atoms with Gasteiger partial charge in [0.15, 0.2) is 11.5 Å². The zero-order valence-corrected chi connectivity index (χ0v) is 22.1. The first kappa shape index (κ1) is 28.4. The van der Waals surface area contributed by atoms with E-state index in [0.717, 1.165) is 23.8 Å². The van der Waals surface area contributed by atoms with Crippen molar-refractivity contribution in [3.05, 3.63) is 96.7 Å². The molecule has 0 unspecified atom stereocenters. The molecule has 0 aliphatic heterocycles.